The van der Waals surface area contributed by atoms with Crippen LogP contribution in [0.1, 0.15) is 6.42 Å². The van der Waals surface area contributed by atoms with E-state index in [2.05, 4.69) is 19.9 Å². The van der Waals surface area contributed by atoms with Gasteiger partial charge in [0, 0.05) is 18.2 Å². The minimum atomic E-state index is -0.525. The minimum Gasteiger partial charge on any atom is -0.360 e. The lowest BCUT2D eigenvalue weighted by Crippen LogP contribution is -2.03. The summed E-state index contributed by atoms with van der Waals surface area (Å²) in [6.45, 7) is 7.18. The summed E-state index contributed by atoms with van der Waals surface area (Å²) in [7, 11) is 0. The number of rotatable bonds is 5. The fourth-order valence-electron chi connectivity index (χ4n) is 2.97. The molecule has 28 heavy (non-hydrogen) atoms. The van der Waals surface area contributed by atoms with E-state index in [1.165, 1.54) is 22.8 Å². The summed E-state index contributed by atoms with van der Waals surface area (Å²) < 4.78 is 29.6. The average Bonchev–Trinajstić information content (AvgIpc) is 3.31. The monoisotopic (exact) mass is 398 g/mol. The van der Waals surface area contributed by atoms with Crippen LogP contribution < -0.4 is 0 Å². The molecule has 3 heterocycles. The third kappa shape index (κ3) is 3.10. The molecule has 0 fully saturated rings. The molecule has 6 nitrogen and oxygen atoms in total. The molecule has 4 rings (SSSR count). The van der Waals surface area contributed by atoms with Gasteiger partial charge >= 0.3 is 0 Å². The lowest BCUT2D eigenvalue weighted by atomic mass is 10.1. The van der Waals surface area contributed by atoms with E-state index in [4.69, 9.17) is 18.2 Å². The first kappa shape index (κ1) is 18.1. The van der Waals surface area contributed by atoms with E-state index in [1.807, 2.05) is 0 Å². The molecular formula is C19H13ClF2N6. The molecule has 0 aliphatic heterocycles. The summed E-state index contributed by atoms with van der Waals surface area (Å²) in [5.74, 6) is -0.249. The number of nitrogens with zero attached hydrogens (tertiary/aromatic N) is 6. The summed E-state index contributed by atoms with van der Waals surface area (Å²) >= 11 is 5.94. The van der Waals surface area contributed by atoms with Crippen LogP contribution in [0.3, 0.4) is 0 Å². The maximum atomic E-state index is 13.6. The number of aryl methyl sites for hydroxylation is 1. The van der Waals surface area contributed by atoms with Crippen LogP contribution in [-0.2, 0) is 6.54 Å². The Balaban J connectivity index is 1.92. The van der Waals surface area contributed by atoms with Crippen LogP contribution in [0.5, 0.6) is 0 Å². The molecule has 0 amide bonds. The fraction of sp³-hybridized carbons (Fsp3) is 0.158. The van der Waals surface area contributed by atoms with Gasteiger partial charge in [0.1, 0.15) is 11.5 Å². The van der Waals surface area contributed by atoms with Gasteiger partial charge in [-0.2, -0.15) is 0 Å². The molecule has 1 aromatic carbocycles. The maximum absolute atomic E-state index is 13.6. The van der Waals surface area contributed by atoms with Gasteiger partial charge in [0.2, 0.25) is 5.65 Å². The maximum Gasteiger partial charge on any atom is 0.275 e. The van der Waals surface area contributed by atoms with Crippen molar-refractivity contribution in [3.05, 3.63) is 65.1 Å². The van der Waals surface area contributed by atoms with E-state index < -0.39 is 12.5 Å². The molecule has 0 unspecified atom stereocenters. The molecule has 0 spiro atoms. The Labute approximate surface area is 163 Å². The molecule has 140 valence electrons. The van der Waals surface area contributed by atoms with Crippen LogP contribution >= 0.6 is 11.6 Å². The molecule has 0 atom stereocenters. The third-order valence-corrected chi connectivity index (χ3v) is 4.55. The first-order valence-electron chi connectivity index (χ1n) is 8.41. The highest BCUT2D eigenvalue weighted by molar-refractivity contribution is 6.31. The minimum absolute atomic E-state index is 0.0185. The highest BCUT2D eigenvalue weighted by Crippen LogP contribution is 2.33. The normalized spacial score (nSPS) is 11.1. The predicted molar refractivity (Wildman–Crippen MR) is 101 cm³/mol. The molecule has 0 radical (unpaired) electrons. The van der Waals surface area contributed by atoms with E-state index in [9.17, 15) is 8.78 Å². The zero-order valence-electron chi connectivity index (χ0n) is 14.5. The SMILES string of the molecule is [C-]#[N+]c1cnc2ccc(-c3c(-c4ccc(F)c(Cl)c4)ncn3CCCF)nn12. The van der Waals surface area contributed by atoms with Crippen molar-refractivity contribution in [3.8, 4) is 22.6 Å². The van der Waals surface area contributed by atoms with Crippen LogP contribution in [0.4, 0.5) is 14.6 Å². The van der Waals surface area contributed by atoms with Gasteiger partial charge in [0.05, 0.1) is 35.6 Å². The molecule has 0 aliphatic carbocycles. The van der Waals surface area contributed by atoms with Gasteiger partial charge in [0.25, 0.3) is 5.82 Å². The second kappa shape index (κ2) is 7.37. The van der Waals surface area contributed by atoms with Gasteiger partial charge in [-0.15, -0.1) is 4.52 Å². The van der Waals surface area contributed by atoms with E-state index in [1.54, 1.807) is 29.1 Å². The smallest absolute Gasteiger partial charge is 0.275 e. The van der Waals surface area contributed by atoms with Gasteiger partial charge < -0.3 is 9.41 Å². The topological polar surface area (TPSA) is 52.4 Å². The Bertz CT molecular complexity index is 1210. The lowest BCUT2D eigenvalue weighted by Gasteiger charge is -2.09. The van der Waals surface area contributed by atoms with E-state index in [0.29, 0.717) is 41.3 Å². The Morgan fingerprint density at radius 1 is 1.18 bits per heavy atom. The summed E-state index contributed by atoms with van der Waals surface area (Å²) in [5.41, 5.74) is 2.84. The zero-order chi connectivity index (χ0) is 19.7. The summed E-state index contributed by atoms with van der Waals surface area (Å²) in [4.78, 5) is 12.0. The quantitative estimate of drug-likeness (QED) is 0.446. The standard InChI is InChI=1S/C19H13ClF2N6/c1-23-17-10-24-16-6-5-15(26-28(16)17)19-18(25-11-27(19)8-2-7-21)12-3-4-14(22)13(20)9-12/h3-6,9-11H,2,7-8H2. The fourth-order valence-corrected chi connectivity index (χ4v) is 3.15. The number of fused-ring (bicyclic) bond motifs is 1. The molecule has 3 aromatic heterocycles. The van der Waals surface area contributed by atoms with Crippen molar-refractivity contribution in [1.29, 1.82) is 0 Å². The van der Waals surface area contributed by atoms with Crippen molar-refractivity contribution in [2.24, 2.45) is 0 Å². The summed E-state index contributed by atoms with van der Waals surface area (Å²) in [5, 5.41) is 4.50. The summed E-state index contributed by atoms with van der Waals surface area (Å²) in [6, 6.07) is 7.83. The van der Waals surface area contributed by atoms with E-state index >= 15 is 0 Å². The van der Waals surface area contributed by atoms with Crippen molar-refractivity contribution in [3.63, 3.8) is 0 Å². The molecule has 0 N–H and O–H groups in total. The zero-order valence-corrected chi connectivity index (χ0v) is 15.2. The van der Waals surface area contributed by atoms with Gasteiger partial charge in [-0.05, 0) is 30.7 Å². The van der Waals surface area contributed by atoms with Crippen LogP contribution in [0.25, 0.3) is 33.1 Å². The lowest BCUT2D eigenvalue weighted by molar-refractivity contribution is 0.447. The highest BCUT2D eigenvalue weighted by Gasteiger charge is 2.19. The first-order chi connectivity index (χ1) is 13.6. The molecule has 0 saturated carbocycles. The Morgan fingerprint density at radius 3 is 2.79 bits per heavy atom. The van der Waals surface area contributed by atoms with Gasteiger partial charge in [-0.1, -0.05) is 23.3 Å². The average molecular weight is 399 g/mol. The molecular weight excluding hydrogens is 386 g/mol. The third-order valence-electron chi connectivity index (χ3n) is 4.26. The highest BCUT2D eigenvalue weighted by atomic mass is 35.5. The van der Waals surface area contributed by atoms with Crippen LogP contribution in [0, 0.1) is 12.4 Å². The Morgan fingerprint density at radius 2 is 2.04 bits per heavy atom. The Hall–Kier alpha value is -3.31. The van der Waals surface area contributed by atoms with Crippen LogP contribution in [0.2, 0.25) is 5.02 Å². The second-order valence-electron chi connectivity index (χ2n) is 6.02. The number of imidazole rings is 2. The van der Waals surface area contributed by atoms with Crippen molar-refractivity contribution in [2.75, 3.05) is 6.67 Å². The van der Waals surface area contributed by atoms with Crippen molar-refractivity contribution < 1.29 is 8.78 Å². The number of hydrogen-bond donors (Lipinski definition) is 0. The van der Waals surface area contributed by atoms with Crippen LogP contribution in [-0.4, -0.2) is 30.8 Å². The number of aromatic nitrogens is 5. The molecule has 0 aliphatic rings. The number of alkyl halides is 1. The van der Waals surface area contributed by atoms with Crippen molar-refractivity contribution in [2.45, 2.75) is 13.0 Å². The molecule has 0 bridgehead atoms. The summed E-state index contributed by atoms with van der Waals surface area (Å²) in [6.07, 6.45) is 3.35. The van der Waals surface area contributed by atoms with Crippen molar-refractivity contribution in [1.82, 2.24) is 24.1 Å². The molecule has 0 saturated heterocycles. The number of halogens is 3. The second-order valence-corrected chi connectivity index (χ2v) is 6.43. The molecule has 4 aromatic rings. The largest absolute Gasteiger partial charge is 0.360 e. The van der Waals surface area contributed by atoms with E-state index in [-0.39, 0.29) is 10.8 Å². The van der Waals surface area contributed by atoms with Crippen molar-refractivity contribution >= 4 is 23.1 Å². The van der Waals surface area contributed by atoms with Crippen LogP contribution in [0.15, 0.2) is 42.9 Å². The van der Waals surface area contributed by atoms with Gasteiger partial charge in [-0.25, -0.2) is 14.4 Å². The first-order valence-corrected chi connectivity index (χ1v) is 8.79. The van der Waals surface area contributed by atoms with Gasteiger partial charge in [-0.3, -0.25) is 4.39 Å². The Kier molecular flexibility index (Phi) is 4.75. The number of benzene rings is 1. The predicted octanol–water partition coefficient (Wildman–Crippen LogP) is 4.96. The van der Waals surface area contributed by atoms with E-state index in [0.717, 1.165) is 0 Å². The molecule has 9 heteroatoms. The number of hydrogen-bond acceptors (Lipinski definition) is 3. The van der Waals surface area contributed by atoms with Gasteiger partial charge in [0.15, 0.2) is 0 Å².